The summed E-state index contributed by atoms with van der Waals surface area (Å²) in [6.07, 6.45) is 1.50. The van der Waals surface area contributed by atoms with Crippen LogP contribution in [0.2, 0.25) is 5.02 Å². The second kappa shape index (κ2) is 12.3. The van der Waals surface area contributed by atoms with Crippen molar-refractivity contribution in [3.63, 3.8) is 0 Å². The van der Waals surface area contributed by atoms with E-state index in [0.717, 1.165) is 27.6 Å². The van der Waals surface area contributed by atoms with E-state index in [-0.39, 0.29) is 18.3 Å². The van der Waals surface area contributed by atoms with Gasteiger partial charge >= 0.3 is 0 Å². The number of carbonyl (C=O) groups excluding carboxylic acids is 1. The molecule has 0 fully saturated rings. The van der Waals surface area contributed by atoms with Gasteiger partial charge in [0.2, 0.25) is 0 Å². The van der Waals surface area contributed by atoms with Crippen LogP contribution in [0.4, 0.5) is 15.2 Å². The average Bonchev–Trinajstić information content (AvgIpc) is 3.42. The second-order valence-corrected chi connectivity index (χ2v) is 9.68. The second-order valence-electron chi connectivity index (χ2n) is 8.41. The van der Waals surface area contributed by atoms with E-state index >= 15 is 0 Å². The molecule has 0 bridgehead atoms. The zero-order chi connectivity index (χ0) is 27.0. The van der Waals surface area contributed by atoms with Crippen LogP contribution in [-0.2, 0) is 6.61 Å². The summed E-state index contributed by atoms with van der Waals surface area (Å²) in [6.45, 7) is 0.260. The van der Waals surface area contributed by atoms with Crippen molar-refractivity contribution in [2.45, 2.75) is 6.61 Å². The molecule has 0 saturated heterocycles. The van der Waals surface area contributed by atoms with Crippen LogP contribution in [0.25, 0.3) is 11.3 Å². The van der Waals surface area contributed by atoms with Crippen molar-refractivity contribution in [2.75, 3.05) is 5.32 Å². The molecule has 194 valence electrons. The molecule has 5 rings (SSSR count). The molecule has 0 radical (unpaired) electrons. The van der Waals surface area contributed by atoms with Gasteiger partial charge in [-0.2, -0.15) is 5.10 Å². The maximum Gasteiger partial charge on any atom is 0.271 e. The topological polar surface area (TPSA) is 75.6 Å². The van der Waals surface area contributed by atoms with E-state index in [1.807, 2.05) is 47.8 Å². The van der Waals surface area contributed by atoms with Gasteiger partial charge in [0, 0.05) is 22.2 Å². The Kier molecular flexibility index (Phi) is 8.26. The molecule has 0 aliphatic rings. The van der Waals surface area contributed by atoms with Crippen LogP contribution in [0.5, 0.6) is 5.75 Å². The van der Waals surface area contributed by atoms with Crippen molar-refractivity contribution in [2.24, 2.45) is 5.10 Å². The van der Waals surface area contributed by atoms with Gasteiger partial charge in [-0.3, -0.25) is 4.79 Å². The first-order chi connectivity index (χ1) is 19.0. The molecule has 0 aliphatic heterocycles. The number of aromatic nitrogens is 1. The van der Waals surface area contributed by atoms with E-state index in [1.54, 1.807) is 42.5 Å². The molecule has 0 unspecified atom stereocenters. The molecule has 2 N–H and O–H groups in total. The average molecular weight is 557 g/mol. The molecule has 1 aromatic heterocycles. The highest BCUT2D eigenvalue weighted by molar-refractivity contribution is 7.14. The van der Waals surface area contributed by atoms with Crippen LogP contribution >= 0.6 is 22.9 Å². The van der Waals surface area contributed by atoms with Crippen LogP contribution in [0.15, 0.2) is 108 Å². The normalized spacial score (nSPS) is 10.9. The molecule has 39 heavy (non-hydrogen) atoms. The maximum absolute atomic E-state index is 13.0. The molecule has 1 amide bonds. The van der Waals surface area contributed by atoms with Crippen molar-refractivity contribution in [1.29, 1.82) is 0 Å². The highest BCUT2D eigenvalue weighted by atomic mass is 35.5. The van der Waals surface area contributed by atoms with Gasteiger partial charge in [-0.05, 0) is 65.7 Å². The molecule has 4 aromatic carbocycles. The predicted octanol–water partition coefficient (Wildman–Crippen LogP) is 7.69. The van der Waals surface area contributed by atoms with E-state index < -0.39 is 0 Å². The maximum atomic E-state index is 13.0. The standard InChI is InChI=1S/C30H22ClFN4O2S/c31-26-16-21(8-15-28(26)38-18-20-6-13-24(32)14-7-20)17-33-36-29(37)23-11-9-22(10-12-23)27-19-39-30(35-27)34-25-4-2-1-3-5-25/h1-17,19H,18H2,(H,34,35)(H,36,37)/b33-17-. The zero-order valence-electron chi connectivity index (χ0n) is 20.5. The monoisotopic (exact) mass is 556 g/mol. The third-order valence-electron chi connectivity index (χ3n) is 5.62. The number of thiazole rings is 1. The van der Waals surface area contributed by atoms with Gasteiger partial charge in [0.15, 0.2) is 5.13 Å². The van der Waals surface area contributed by atoms with E-state index in [2.05, 4.69) is 20.8 Å². The first kappa shape index (κ1) is 26.1. The Morgan fingerprint density at radius 3 is 2.51 bits per heavy atom. The summed E-state index contributed by atoms with van der Waals surface area (Å²) in [5.41, 5.74) is 7.21. The summed E-state index contributed by atoms with van der Waals surface area (Å²) in [4.78, 5) is 17.2. The minimum Gasteiger partial charge on any atom is -0.487 e. The first-order valence-corrected chi connectivity index (χ1v) is 13.2. The predicted molar refractivity (Wildman–Crippen MR) is 155 cm³/mol. The van der Waals surface area contributed by atoms with Gasteiger partial charge in [-0.15, -0.1) is 11.3 Å². The SMILES string of the molecule is O=C(N/N=C\c1ccc(OCc2ccc(F)cc2)c(Cl)c1)c1ccc(-c2csc(Nc3ccccc3)n2)cc1. The molecular weight excluding hydrogens is 535 g/mol. The number of amides is 1. The Balaban J connectivity index is 1.14. The van der Waals surface area contributed by atoms with Gasteiger partial charge in [0.25, 0.3) is 5.91 Å². The van der Waals surface area contributed by atoms with Gasteiger partial charge in [0.1, 0.15) is 18.2 Å². The number of benzene rings is 4. The van der Waals surface area contributed by atoms with E-state index in [4.69, 9.17) is 16.3 Å². The fourth-order valence-corrected chi connectivity index (χ4v) is 4.57. The Bertz CT molecular complexity index is 1590. The summed E-state index contributed by atoms with van der Waals surface area (Å²) < 4.78 is 18.8. The summed E-state index contributed by atoms with van der Waals surface area (Å²) in [6, 6.07) is 28.2. The summed E-state index contributed by atoms with van der Waals surface area (Å²) >= 11 is 7.84. The smallest absolute Gasteiger partial charge is 0.271 e. The Labute approximate surface area is 233 Å². The number of ether oxygens (including phenoxy) is 1. The third-order valence-corrected chi connectivity index (χ3v) is 6.67. The Morgan fingerprint density at radius 2 is 1.77 bits per heavy atom. The number of hydrogen-bond acceptors (Lipinski definition) is 6. The lowest BCUT2D eigenvalue weighted by molar-refractivity contribution is 0.0955. The lowest BCUT2D eigenvalue weighted by Crippen LogP contribution is -2.17. The number of rotatable bonds is 9. The largest absolute Gasteiger partial charge is 0.487 e. The van der Waals surface area contributed by atoms with E-state index in [1.165, 1.54) is 29.7 Å². The molecule has 9 heteroatoms. The number of nitrogens with one attached hydrogen (secondary N) is 2. The molecule has 6 nitrogen and oxygen atoms in total. The summed E-state index contributed by atoms with van der Waals surface area (Å²) in [5, 5.41) is 10.5. The number of halogens is 2. The quantitative estimate of drug-likeness (QED) is 0.144. The van der Waals surface area contributed by atoms with Gasteiger partial charge in [-0.1, -0.05) is 54.1 Å². The zero-order valence-corrected chi connectivity index (χ0v) is 22.0. The minimum absolute atomic E-state index is 0.260. The van der Waals surface area contributed by atoms with Gasteiger partial charge in [-0.25, -0.2) is 14.8 Å². The molecule has 0 aliphatic carbocycles. The van der Waals surface area contributed by atoms with Crippen LogP contribution in [0.3, 0.4) is 0 Å². The third kappa shape index (κ3) is 7.07. The number of anilines is 2. The van der Waals surface area contributed by atoms with Crippen LogP contribution in [-0.4, -0.2) is 17.1 Å². The molecule has 0 saturated carbocycles. The Morgan fingerprint density at radius 1 is 1.00 bits per heavy atom. The molecule has 0 atom stereocenters. The highest BCUT2D eigenvalue weighted by Gasteiger charge is 2.09. The molecule has 5 aromatic rings. The van der Waals surface area contributed by atoms with Gasteiger partial charge in [0.05, 0.1) is 16.9 Å². The van der Waals surface area contributed by atoms with E-state index in [0.29, 0.717) is 21.9 Å². The number of hydrogen-bond donors (Lipinski definition) is 2. The van der Waals surface area contributed by atoms with Crippen molar-refractivity contribution < 1.29 is 13.9 Å². The van der Waals surface area contributed by atoms with Crippen LogP contribution in [0, 0.1) is 5.82 Å². The number of nitrogens with zero attached hydrogens (tertiary/aromatic N) is 2. The lowest BCUT2D eigenvalue weighted by atomic mass is 10.1. The van der Waals surface area contributed by atoms with Crippen molar-refractivity contribution >= 4 is 45.9 Å². The fraction of sp³-hybridized carbons (Fsp3) is 0.0333. The van der Waals surface area contributed by atoms with Gasteiger partial charge < -0.3 is 10.1 Å². The number of hydrazone groups is 1. The van der Waals surface area contributed by atoms with Crippen LogP contribution in [0.1, 0.15) is 21.5 Å². The summed E-state index contributed by atoms with van der Waals surface area (Å²) in [7, 11) is 0. The lowest BCUT2D eigenvalue weighted by Gasteiger charge is -2.08. The minimum atomic E-state index is -0.340. The molecule has 0 spiro atoms. The Hall–Kier alpha value is -4.53. The number of carbonyl (C=O) groups is 1. The first-order valence-electron chi connectivity index (χ1n) is 11.9. The van der Waals surface area contributed by atoms with Crippen molar-refractivity contribution in [1.82, 2.24) is 10.4 Å². The summed E-state index contributed by atoms with van der Waals surface area (Å²) in [5.74, 6) is -0.149. The fourth-order valence-electron chi connectivity index (χ4n) is 3.59. The molecule has 1 heterocycles. The highest BCUT2D eigenvalue weighted by Crippen LogP contribution is 2.28. The number of para-hydroxylation sites is 1. The molecular formula is C30H22ClFN4O2S. The van der Waals surface area contributed by atoms with Crippen molar-refractivity contribution in [3.05, 3.63) is 130 Å². The van der Waals surface area contributed by atoms with Crippen LogP contribution < -0.4 is 15.5 Å². The van der Waals surface area contributed by atoms with E-state index in [9.17, 15) is 9.18 Å². The van der Waals surface area contributed by atoms with Crippen molar-refractivity contribution in [3.8, 4) is 17.0 Å².